The highest BCUT2D eigenvalue weighted by Crippen LogP contribution is 2.48. The molecule has 6 heteroatoms. The molecule has 1 amide bonds. The van der Waals surface area contributed by atoms with E-state index in [0.29, 0.717) is 17.4 Å². The van der Waals surface area contributed by atoms with Crippen LogP contribution < -0.4 is 5.32 Å². The number of carbonyl (C=O) groups excluding carboxylic acids is 1. The molecule has 2 heterocycles. The van der Waals surface area contributed by atoms with Gasteiger partial charge in [-0.3, -0.25) is 4.79 Å². The topological polar surface area (TPSA) is 72.7 Å². The van der Waals surface area contributed by atoms with Gasteiger partial charge >= 0.3 is 0 Å². The minimum atomic E-state index is 0.122. The Labute approximate surface area is 122 Å². The molecule has 0 aromatic carbocycles. The van der Waals surface area contributed by atoms with Crippen molar-refractivity contribution < 1.29 is 4.79 Å². The van der Waals surface area contributed by atoms with Crippen LogP contribution in [-0.4, -0.2) is 25.7 Å². The quantitative estimate of drug-likeness (QED) is 0.935. The summed E-state index contributed by atoms with van der Waals surface area (Å²) in [6, 6.07) is 3.67. The normalized spacial score (nSPS) is 27.0. The maximum absolute atomic E-state index is 12.5. The lowest BCUT2D eigenvalue weighted by Crippen LogP contribution is -2.27. The summed E-state index contributed by atoms with van der Waals surface area (Å²) in [6.07, 6.45) is 9.48. The standard InChI is InChI=1S/C15H17N5O/c21-15(12-7-10-3-4-11(12)6-10)19-13-2-1-5-17-14(13)20-9-16-8-18-20/h1-2,5,8-12H,3-4,6-7H2,(H,19,21)/t10-,11-,12+/m0/s1. The molecule has 0 saturated heterocycles. The van der Waals surface area contributed by atoms with Crippen molar-refractivity contribution in [1.82, 2.24) is 19.7 Å². The first-order valence-corrected chi connectivity index (χ1v) is 7.42. The number of nitrogens with zero attached hydrogens (tertiary/aromatic N) is 4. The number of hydrogen-bond acceptors (Lipinski definition) is 4. The lowest BCUT2D eigenvalue weighted by Gasteiger charge is -2.21. The summed E-state index contributed by atoms with van der Waals surface area (Å²) in [7, 11) is 0. The van der Waals surface area contributed by atoms with E-state index in [1.165, 1.54) is 25.6 Å². The molecule has 0 aliphatic heterocycles. The zero-order valence-corrected chi connectivity index (χ0v) is 11.6. The Balaban J connectivity index is 1.56. The fraction of sp³-hybridized carbons (Fsp3) is 0.467. The molecule has 2 bridgehead atoms. The number of hydrogen-bond donors (Lipinski definition) is 1. The van der Waals surface area contributed by atoms with Crippen molar-refractivity contribution in [2.24, 2.45) is 17.8 Å². The van der Waals surface area contributed by atoms with Gasteiger partial charge in [-0.25, -0.2) is 14.6 Å². The number of pyridine rings is 1. The Bertz CT molecular complexity index is 654. The number of fused-ring (bicyclic) bond motifs is 2. The van der Waals surface area contributed by atoms with E-state index in [1.54, 1.807) is 17.2 Å². The largest absolute Gasteiger partial charge is 0.323 e. The van der Waals surface area contributed by atoms with Crippen molar-refractivity contribution in [1.29, 1.82) is 0 Å². The van der Waals surface area contributed by atoms with Gasteiger partial charge in [0.05, 0.1) is 5.69 Å². The van der Waals surface area contributed by atoms with E-state index in [-0.39, 0.29) is 11.8 Å². The Hall–Kier alpha value is -2.24. The van der Waals surface area contributed by atoms with E-state index in [1.807, 2.05) is 12.1 Å². The van der Waals surface area contributed by atoms with E-state index in [0.717, 1.165) is 12.3 Å². The number of amides is 1. The molecule has 1 N–H and O–H groups in total. The van der Waals surface area contributed by atoms with E-state index >= 15 is 0 Å². The van der Waals surface area contributed by atoms with Crippen LogP contribution >= 0.6 is 0 Å². The summed E-state index contributed by atoms with van der Waals surface area (Å²) in [5, 5.41) is 7.12. The van der Waals surface area contributed by atoms with Crippen molar-refractivity contribution in [3.63, 3.8) is 0 Å². The van der Waals surface area contributed by atoms with Crippen molar-refractivity contribution in [3.8, 4) is 5.82 Å². The second kappa shape index (κ2) is 4.95. The number of aromatic nitrogens is 4. The van der Waals surface area contributed by atoms with Gasteiger partial charge in [0.25, 0.3) is 0 Å². The Morgan fingerprint density at radius 1 is 1.33 bits per heavy atom. The molecule has 0 unspecified atom stereocenters. The second-order valence-corrected chi connectivity index (χ2v) is 5.99. The van der Waals surface area contributed by atoms with Crippen molar-refractivity contribution in [3.05, 3.63) is 31.0 Å². The Morgan fingerprint density at radius 2 is 2.29 bits per heavy atom. The van der Waals surface area contributed by atoms with Crippen LogP contribution in [0.1, 0.15) is 25.7 Å². The summed E-state index contributed by atoms with van der Waals surface area (Å²) in [5.41, 5.74) is 0.691. The summed E-state index contributed by atoms with van der Waals surface area (Å²) in [4.78, 5) is 20.8. The first-order chi connectivity index (χ1) is 10.3. The first kappa shape index (κ1) is 12.5. The maximum atomic E-state index is 12.5. The van der Waals surface area contributed by atoms with Gasteiger partial charge in [0, 0.05) is 12.1 Å². The van der Waals surface area contributed by atoms with E-state index in [4.69, 9.17) is 0 Å². The molecule has 0 spiro atoms. The average Bonchev–Trinajstić information content (AvgIpc) is 3.25. The molecule has 3 atom stereocenters. The Kier molecular flexibility index (Phi) is 2.94. The summed E-state index contributed by atoms with van der Waals surface area (Å²) >= 11 is 0. The van der Waals surface area contributed by atoms with Crippen LogP contribution in [-0.2, 0) is 4.79 Å². The van der Waals surface area contributed by atoms with Crippen molar-refractivity contribution in [2.45, 2.75) is 25.7 Å². The van der Waals surface area contributed by atoms with E-state index in [9.17, 15) is 4.79 Å². The van der Waals surface area contributed by atoms with Crippen LogP contribution in [0.5, 0.6) is 0 Å². The predicted molar refractivity (Wildman–Crippen MR) is 76.7 cm³/mol. The van der Waals surface area contributed by atoms with Gasteiger partial charge in [-0.2, -0.15) is 5.10 Å². The van der Waals surface area contributed by atoms with Gasteiger partial charge in [-0.1, -0.05) is 6.42 Å². The number of anilines is 1. The molecule has 2 saturated carbocycles. The molecule has 21 heavy (non-hydrogen) atoms. The van der Waals surface area contributed by atoms with Gasteiger partial charge in [0.2, 0.25) is 5.91 Å². The molecule has 2 aliphatic rings. The smallest absolute Gasteiger partial charge is 0.227 e. The number of nitrogens with one attached hydrogen (secondary N) is 1. The highest BCUT2D eigenvalue weighted by atomic mass is 16.1. The van der Waals surface area contributed by atoms with Crippen LogP contribution in [0.2, 0.25) is 0 Å². The van der Waals surface area contributed by atoms with Crippen LogP contribution in [0.25, 0.3) is 5.82 Å². The summed E-state index contributed by atoms with van der Waals surface area (Å²) in [6.45, 7) is 0. The second-order valence-electron chi connectivity index (χ2n) is 5.99. The molecule has 2 aromatic rings. The molecular formula is C15H17N5O. The molecule has 6 nitrogen and oxygen atoms in total. The molecule has 2 fully saturated rings. The van der Waals surface area contributed by atoms with Crippen LogP contribution in [0.4, 0.5) is 5.69 Å². The average molecular weight is 283 g/mol. The highest BCUT2D eigenvalue weighted by molar-refractivity contribution is 5.94. The van der Waals surface area contributed by atoms with Gasteiger partial charge in [0.1, 0.15) is 12.7 Å². The van der Waals surface area contributed by atoms with Crippen molar-refractivity contribution in [2.75, 3.05) is 5.32 Å². The summed E-state index contributed by atoms with van der Waals surface area (Å²) in [5.74, 6) is 2.21. The highest BCUT2D eigenvalue weighted by Gasteiger charge is 2.43. The third-order valence-electron chi connectivity index (χ3n) is 4.76. The monoisotopic (exact) mass is 283 g/mol. The molecule has 0 radical (unpaired) electrons. The zero-order chi connectivity index (χ0) is 14.2. The van der Waals surface area contributed by atoms with Gasteiger partial charge in [-0.05, 0) is 43.2 Å². The first-order valence-electron chi connectivity index (χ1n) is 7.42. The Morgan fingerprint density at radius 3 is 3.00 bits per heavy atom. The van der Waals surface area contributed by atoms with E-state index < -0.39 is 0 Å². The van der Waals surface area contributed by atoms with Crippen molar-refractivity contribution >= 4 is 11.6 Å². The molecule has 2 aromatic heterocycles. The van der Waals surface area contributed by atoms with E-state index in [2.05, 4.69) is 20.4 Å². The fourth-order valence-electron chi connectivity index (χ4n) is 3.79. The van der Waals surface area contributed by atoms with Gasteiger partial charge < -0.3 is 5.32 Å². The van der Waals surface area contributed by atoms with Crippen LogP contribution in [0.3, 0.4) is 0 Å². The SMILES string of the molecule is O=C(Nc1cccnc1-n1cncn1)[C@@H]1C[C@H]2CC[C@H]1C2. The van der Waals surface area contributed by atoms with Gasteiger partial charge in [0.15, 0.2) is 5.82 Å². The zero-order valence-electron chi connectivity index (χ0n) is 11.6. The number of carbonyl (C=O) groups is 1. The molecule has 2 aliphatic carbocycles. The molecular weight excluding hydrogens is 266 g/mol. The third-order valence-corrected chi connectivity index (χ3v) is 4.76. The fourth-order valence-corrected chi connectivity index (χ4v) is 3.79. The lowest BCUT2D eigenvalue weighted by molar-refractivity contribution is -0.121. The minimum absolute atomic E-state index is 0.122. The maximum Gasteiger partial charge on any atom is 0.227 e. The van der Waals surface area contributed by atoms with Crippen LogP contribution in [0, 0.1) is 17.8 Å². The third kappa shape index (κ3) is 2.20. The number of rotatable bonds is 3. The minimum Gasteiger partial charge on any atom is -0.323 e. The lowest BCUT2D eigenvalue weighted by atomic mass is 9.88. The predicted octanol–water partition coefficient (Wildman–Crippen LogP) is 2.04. The van der Waals surface area contributed by atoms with Crippen LogP contribution in [0.15, 0.2) is 31.0 Å². The molecule has 108 valence electrons. The molecule has 4 rings (SSSR count). The summed E-state index contributed by atoms with van der Waals surface area (Å²) < 4.78 is 1.57. The van der Waals surface area contributed by atoms with Gasteiger partial charge in [-0.15, -0.1) is 0 Å².